The molecule has 4 aromatic rings. The van der Waals surface area contributed by atoms with E-state index in [1.807, 2.05) is 41.8 Å². The van der Waals surface area contributed by atoms with Crippen LogP contribution in [0.15, 0.2) is 60.4 Å². The minimum atomic E-state index is -0.129. The molecule has 0 atom stereocenters. The highest BCUT2D eigenvalue weighted by Gasteiger charge is 2.14. The Bertz CT molecular complexity index is 991. The Labute approximate surface area is 142 Å². The second kappa shape index (κ2) is 6.25. The molecule has 24 heavy (non-hydrogen) atoms. The number of rotatable bonds is 4. The number of benzene rings is 1. The van der Waals surface area contributed by atoms with E-state index in [0.29, 0.717) is 12.1 Å². The molecule has 1 amide bonds. The number of para-hydroxylation sites is 1. The standard InChI is InChI=1S/C18H14N4OS/c23-18(13-10-21-14-5-2-1-4-12(13)14)22-11-15-17(20-8-7-19-15)16-6-3-9-24-16/h1-10,21H,11H2,(H,22,23). The summed E-state index contributed by atoms with van der Waals surface area (Å²) in [5.74, 6) is -0.129. The lowest BCUT2D eigenvalue weighted by molar-refractivity contribution is 0.0952. The maximum absolute atomic E-state index is 12.5. The van der Waals surface area contributed by atoms with E-state index in [4.69, 9.17) is 0 Å². The molecule has 0 radical (unpaired) electrons. The quantitative estimate of drug-likeness (QED) is 0.599. The molecule has 1 aromatic carbocycles. The van der Waals surface area contributed by atoms with Gasteiger partial charge in [-0.2, -0.15) is 0 Å². The molecule has 118 valence electrons. The van der Waals surface area contributed by atoms with Gasteiger partial charge in [0.2, 0.25) is 0 Å². The van der Waals surface area contributed by atoms with E-state index >= 15 is 0 Å². The number of H-pyrrole nitrogens is 1. The van der Waals surface area contributed by atoms with Gasteiger partial charge in [0.25, 0.3) is 5.91 Å². The van der Waals surface area contributed by atoms with Crippen LogP contribution in [0.5, 0.6) is 0 Å². The first-order chi connectivity index (χ1) is 11.8. The average molecular weight is 334 g/mol. The number of hydrogen-bond donors (Lipinski definition) is 2. The van der Waals surface area contributed by atoms with Crippen LogP contribution in [-0.4, -0.2) is 20.9 Å². The van der Waals surface area contributed by atoms with E-state index in [1.165, 1.54) is 0 Å². The molecular formula is C18H14N4OS. The fourth-order valence-corrected chi connectivity index (χ4v) is 3.38. The summed E-state index contributed by atoms with van der Waals surface area (Å²) in [6.07, 6.45) is 5.04. The molecule has 0 spiro atoms. The van der Waals surface area contributed by atoms with Gasteiger partial charge in [0.05, 0.1) is 22.7 Å². The normalized spacial score (nSPS) is 10.8. The van der Waals surface area contributed by atoms with Crippen molar-refractivity contribution in [2.24, 2.45) is 0 Å². The van der Waals surface area contributed by atoms with E-state index in [2.05, 4.69) is 20.3 Å². The van der Waals surface area contributed by atoms with Crippen molar-refractivity contribution < 1.29 is 4.79 Å². The Kier molecular flexibility index (Phi) is 3.80. The van der Waals surface area contributed by atoms with Crippen LogP contribution in [0.2, 0.25) is 0 Å². The Balaban J connectivity index is 1.56. The van der Waals surface area contributed by atoms with Crippen molar-refractivity contribution in [1.82, 2.24) is 20.3 Å². The lowest BCUT2D eigenvalue weighted by Crippen LogP contribution is -2.23. The molecule has 4 rings (SSSR count). The lowest BCUT2D eigenvalue weighted by Gasteiger charge is -2.07. The number of nitrogens with one attached hydrogen (secondary N) is 2. The van der Waals surface area contributed by atoms with Crippen LogP contribution < -0.4 is 5.32 Å². The van der Waals surface area contributed by atoms with Crippen LogP contribution in [-0.2, 0) is 6.54 Å². The molecule has 0 bridgehead atoms. The smallest absolute Gasteiger partial charge is 0.253 e. The molecule has 0 fully saturated rings. The fraction of sp³-hybridized carbons (Fsp3) is 0.0556. The summed E-state index contributed by atoms with van der Waals surface area (Å²) in [6, 6.07) is 11.7. The van der Waals surface area contributed by atoms with Crippen LogP contribution in [0, 0.1) is 0 Å². The number of hydrogen-bond acceptors (Lipinski definition) is 4. The van der Waals surface area contributed by atoms with Crippen molar-refractivity contribution in [3.05, 3.63) is 71.6 Å². The summed E-state index contributed by atoms with van der Waals surface area (Å²) >= 11 is 1.60. The van der Waals surface area contributed by atoms with Crippen molar-refractivity contribution in [2.45, 2.75) is 6.54 Å². The van der Waals surface area contributed by atoms with Gasteiger partial charge in [-0.05, 0) is 17.5 Å². The Morgan fingerprint density at radius 2 is 2.00 bits per heavy atom. The van der Waals surface area contributed by atoms with Gasteiger partial charge in [0.1, 0.15) is 5.69 Å². The van der Waals surface area contributed by atoms with E-state index in [0.717, 1.165) is 27.2 Å². The number of amides is 1. The van der Waals surface area contributed by atoms with Gasteiger partial charge in [-0.15, -0.1) is 11.3 Å². The molecule has 0 saturated heterocycles. The van der Waals surface area contributed by atoms with Crippen molar-refractivity contribution in [3.63, 3.8) is 0 Å². The van der Waals surface area contributed by atoms with E-state index < -0.39 is 0 Å². The fourth-order valence-electron chi connectivity index (χ4n) is 2.63. The Morgan fingerprint density at radius 1 is 1.12 bits per heavy atom. The van der Waals surface area contributed by atoms with Gasteiger partial charge in [0, 0.05) is 29.5 Å². The molecule has 6 heteroatoms. The minimum Gasteiger partial charge on any atom is -0.360 e. The van der Waals surface area contributed by atoms with Gasteiger partial charge in [-0.3, -0.25) is 14.8 Å². The largest absolute Gasteiger partial charge is 0.360 e. The number of carbonyl (C=O) groups is 1. The summed E-state index contributed by atoms with van der Waals surface area (Å²) in [5.41, 5.74) is 3.15. The molecular weight excluding hydrogens is 320 g/mol. The molecule has 3 heterocycles. The molecule has 5 nitrogen and oxygen atoms in total. The highest BCUT2D eigenvalue weighted by Crippen LogP contribution is 2.24. The van der Waals surface area contributed by atoms with Crippen molar-refractivity contribution in [1.29, 1.82) is 0 Å². The lowest BCUT2D eigenvalue weighted by atomic mass is 10.1. The first kappa shape index (κ1) is 14.6. The summed E-state index contributed by atoms with van der Waals surface area (Å²) in [6.45, 7) is 0.333. The number of aromatic amines is 1. The van der Waals surface area contributed by atoms with Crippen molar-refractivity contribution in [3.8, 4) is 10.6 Å². The van der Waals surface area contributed by atoms with Gasteiger partial charge in [-0.25, -0.2) is 0 Å². The maximum atomic E-state index is 12.5. The van der Waals surface area contributed by atoms with Gasteiger partial charge in [-0.1, -0.05) is 24.3 Å². The summed E-state index contributed by atoms with van der Waals surface area (Å²) in [5, 5.41) is 5.85. The molecule has 2 N–H and O–H groups in total. The first-order valence-corrected chi connectivity index (χ1v) is 8.39. The summed E-state index contributed by atoms with van der Waals surface area (Å²) in [7, 11) is 0. The highest BCUT2D eigenvalue weighted by atomic mass is 32.1. The van der Waals surface area contributed by atoms with E-state index in [1.54, 1.807) is 29.9 Å². The van der Waals surface area contributed by atoms with Crippen LogP contribution in [0.4, 0.5) is 0 Å². The second-order valence-corrected chi connectivity index (χ2v) is 6.21. The summed E-state index contributed by atoms with van der Waals surface area (Å²) < 4.78 is 0. The van der Waals surface area contributed by atoms with Crippen LogP contribution >= 0.6 is 11.3 Å². The molecule has 0 unspecified atom stereocenters. The highest BCUT2D eigenvalue weighted by molar-refractivity contribution is 7.13. The number of fused-ring (bicyclic) bond motifs is 1. The minimum absolute atomic E-state index is 0.129. The molecule has 0 aliphatic rings. The third-order valence-corrected chi connectivity index (χ3v) is 4.66. The summed E-state index contributed by atoms with van der Waals surface area (Å²) in [4.78, 5) is 25.4. The molecule has 0 aliphatic heterocycles. The third kappa shape index (κ3) is 2.68. The number of nitrogens with zero attached hydrogens (tertiary/aromatic N) is 2. The monoisotopic (exact) mass is 334 g/mol. The second-order valence-electron chi connectivity index (χ2n) is 5.26. The van der Waals surface area contributed by atoms with Gasteiger partial charge < -0.3 is 10.3 Å². The van der Waals surface area contributed by atoms with E-state index in [9.17, 15) is 4.79 Å². The zero-order valence-electron chi connectivity index (χ0n) is 12.7. The van der Waals surface area contributed by atoms with Crippen LogP contribution in [0.1, 0.15) is 16.1 Å². The van der Waals surface area contributed by atoms with Gasteiger partial charge >= 0.3 is 0 Å². The molecule has 0 aliphatic carbocycles. The van der Waals surface area contributed by atoms with Crippen molar-refractivity contribution in [2.75, 3.05) is 0 Å². The zero-order chi connectivity index (χ0) is 16.4. The van der Waals surface area contributed by atoms with Crippen molar-refractivity contribution >= 4 is 28.1 Å². The van der Waals surface area contributed by atoms with Crippen LogP contribution in [0.25, 0.3) is 21.5 Å². The predicted octanol–water partition coefficient (Wildman–Crippen LogP) is 3.62. The predicted molar refractivity (Wildman–Crippen MR) is 94.8 cm³/mol. The van der Waals surface area contributed by atoms with Crippen LogP contribution in [0.3, 0.4) is 0 Å². The Morgan fingerprint density at radius 3 is 2.88 bits per heavy atom. The third-order valence-electron chi connectivity index (χ3n) is 3.78. The Hall–Kier alpha value is -2.99. The number of carbonyl (C=O) groups excluding carboxylic acids is 1. The zero-order valence-corrected chi connectivity index (χ0v) is 13.5. The first-order valence-electron chi connectivity index (χ1n) is 7.51. The maximum Gasteiger partial charge on any atom is 0.253 e. The molecule has 3 aromatic heterocycles. The number of aromatic nitrogens is 3. The SMILES string of the molecule is O=C(NCc1nccnc1-c1cccs1)c1c[nH]c2ccccc12. The number of thiophene rings is 1. The molecule has 0 saturated carbocycles. The topological polar surface area (TPSA) is 70.7 Å². The average Bonchev–Trinajstić information content (AvgIpc) is 3.29. The van der Waals surface area contributed by atoms with E-state index in [-0.39, 0.29) is 5.91 Å². The van der Waals surface area contributed by atoms with Gasteiger partial charge in [0.15, 0.2) is 0 Å².